The van der Waals surface area contributed by atoms with Gasteiger partial charge in [-0.05, 0) is 24.6 Å². The first-order valence-electron chi connectivity index (χ1n) is 7.06. The molecule has 2 unspecified atom stereocenters. The smallest absolute Gasteiger partial charge is 0.186 e. The number of aromatic amines is 1. The van der Waals surface area contributed by atoms with E-state index < -0.39 is 6.29 Å². The van der Waals surface area contributed by atoms with Crippen molar-refractivity contribution in [2.75, 3.05) is 0 Å². The van der Waals surface area contributed by atoms with Gasteiger partial charge in [0, 0.05) is 23.9 Å². The SMILES string of the molecule is Cc1cccc(Cc2cc3nccc(C4OC4O)c3[nH]2)c1. The number of epoxide rings is 1. The van der Waals surface area contributed by atoms with E-state index in [1.807, 2.05) is 6.07 Å². The van der Waals surface area contributed by atoms with Crippen molar-refractivity contribution in [2.24, 2.45) is 0 Å². The number of hydrogen-bond acceptors (Lipinski definition) is 3. The molecule has 3 heterocycles. The van der Waals surface area contributed by atoms with Crippen LogP contribution in [0.5, 0.6) is 0 Å². The van der Waals surface area contributed by atoms with Gasteiger partial charge in [0.25, 0.3) is 0 Å². The first kappa shape index (κ1) is 12.6. The molecule has 1 aliphatic heterocycles. The van der Waals surface area contributed by atoms with Gasteiger partial charge in [0.2, 0.25) is 0 Å². The van der Waals surface area contributed by atoms with Crippen molar-refractivity contribution in [1.82, 2.24) is 9.97 Å². The molecule has 4 heteroatoms. The van der Waals surface area contributed by atoms with Crippen LogP contribution in [0.25, 0.3) is 11.0 Å². The first-order valence-corrected chi connectivity index (χ1v) is 7.06. The minimum absolute atomic E-state index is 0.221. The molecule has 0 bridgehead atoms. The number of fused-ring (bicyclic) bond motifs is 1. The highest BCUT2D eigenvalue weighted by Crippen LogP contribution is 2.39. The van der Waals surface area contributed by atoms with Crippen LogP contribution in [0.15, 0.2) is 42.6 Å². The van der Waals surface area contributed by atoms with E-state index in [0.717, 1.165) is 28.7 Å². The third-order valence-electron chi connectivity index (χ3n) is 3.86. The van der Waals surface area contributed by atoms with E-state index in [1.165, 1.54) is 11.1 Å². The van der Waals surface area contributed by atoms with Crippen LogP contribution in [0, 0.1) is 6.92 Å². The maximum atomic E-state index is 9.46. The summed E-state index contributed by atoms with van der Waals surface area (Å²) >= 11 is 0. The number of nitrogens with one attached hydrogen (secondary N) is 1. The Labute approximate surface area is 122 Å². The number of aliphatic hydroxyl groups excluding tert-OH is 1. The van der Waals surface area contributed by atoms with E-state index in [4.69, 9.17) is 4.74 Å². The van der Waals surface area contributed by atoms with Gasteiger partial charge >= 0.3 is 0 Å². The molecule has 2 N–H and O–H groups in total. The number of benzene rings is 1. The van der Waals surface area contributed by atoms with Crippen LogP contribution < -0.4 is 0 Å². The zero-order valence-electron chi connectivity index (χ0n) is 11.7. The Morgan fingerprint density at radius 2 is 2.14 bits per heavy atom. The molecule has 1 saturated heterocycles. The molecule has 0 amide bonds. The number of hydrogen-bond donors (Lipinski definition) is 2. The Bertz CT molecular complexity index is 809. The van der Waals surface area contributed by atoms with Gasteiger partial charge < -0.3 is 14.8 Å². The highest BCUT2D eigenvalue weighted by molar-refractivity contribution is 5.80. The molecular weight excluding hydrogens is 264 g/mol. The zero-order valence-corrected chi connectivity index (χ0v) is 11.7. The average Bonchev–Trinajstić information content (AvgIpc) is 3.03. The summed E-state index contributed by atoms with van der Waals surface area (Å²) in [4.78, 5) is 7.81. The maximum absolute atomic E-state index is 9.46. The first-order chi connectivity index (χ1) is 10.2. The van der Waals surface area contributed by atoms with Crippen LogP contribution in [0.1, 0.15) is 28.5 Å². The van der Waals surface area contributed by atoms with E-state index in [-0.39, 0.29) is 6.10 Å². The summed E-state index contributed by atoms with van der Waals surface area (Å²) < 4.78 is 5.16. The normalized spacial score (nSPS) is 20.9. The fraction of sp³-hybridized carbons (Fsp3) is 0.235. The van der Waals surface area contributed by atoms with Gasteiger partial charge in [0.05, 0.1) is 11.0 Å². The fourth-order valence-electron chi connectivity index (χ4n) is 2.81. The molecule has 4 nitrogen and oxygen atoms in total. The molecule has 1 aliphatic rings. The summed E-state index contributed by atoms with van der Waals surface area (Å²) in [5.41, 5.74) is 6.50. The predicted octanol–water partition coefficient (Wildman–Crippen LogP) is 2.85. The van der Waals surface area contributed by atoms with E-state index in [9.17, 15) is 5.11 Å². The Morgan fingerprint density at radius 1 is 1.29 bits per heavy atom. The summed E-state index contributed by atoms with van der Waals surface area (Å²) in [6.45, 7) is 2.10. The minimum Gasteiger partial charge on any atom is -0.366 e. The Balaban J connectivity index is 1.70. The molecule has 106 valence electrons. The van der Waals surface area contributed by atoms with Gasteiger partial charge in [-0.3, -0.25) is 4.98 Å². The molecule has 2 aromatic heterocycles. The number of aliphatic hydroxyl groups is 1. The molecule has 1 fully saturated rings. The highest BCUT2D eigenvalue weighted by Gasteiger charge is 2.40. The van der Waals surface area contributed by atoms with Crippen LogP contribution in [-0.2, 0) is 11.2 Å². The molecule has 0 saturated carbocycles. The number of pyridine rings is 1. The number of nitrogens with zero attached hydrogens (tertiary/aromatic N) is 1. The lowest BCUT2D eigenvalue weighted by Crippen LogP contribution is -1.90. The number of aromatic nitrogens is 2. The van der Waals surface area contributed by atoms with Crippen molar-refractivity contribution in [3.63, 3.8) is 0 Å². The summed E-state index contributed by atoms with van der Waals surface area (Å²) in [6.07, 6.45) is 1.70. The molecule has 21 heavy (non-hydrogen) atoms. The Hall–Kier alpha value is -2.17. The fourth-order valence-corrected chi connectivity index (χ4v) is 2.81. The summed E-state index contributed by atoms with van der Waals surface area (Å²) in [7, 11) is 0. The van der Waals surface area contributed by atoms with Crippen molar-refractivity contribution in [2.45, 2.75) is 25.7 Å². The highest BCUT2D eigenvalue weighted by atomic mass is 16.7. The molecule has 4 rings (SSSR count). The summed E-state index contributed by atoms with van der Waals surface area (Å²) in [5, 5.41) is 9.46. The molecule has 0 spiro atoms. The number of aryl methyl sites for hydroxylation is 1. The second-order valence-corrected chi connectivity index (χ2v) is 5.57. The molecular formula is C17H16N2O2. The number of rotatable bonds is 3. The quantitative estimate of drug-likeness (QED) is 0.725. The van der Waals surface area contributed by atoms with E-state index in [0.29, 0.717) is 0 Å². The van der Waals surface area contributed by atoms with Crippen molar-refractivity contribution in [3.05, 3.63) is 65.0 Å². The lowest BCUT2D eigenvalue weighted by Gasteiger charge is -2.00. The van der Waals surface area contributed by atoms with E-state index in [1.54, 1.807) is 6.20 Å². The zero-order chi connectivity index (χ0) is 14.4. The second kappa shape index (κ2) is 4.69. The van der Waals surface area contributed by atoms with Crippen LogP contribution in [0.3, 0.4) is 0 Å². The molecule has 3 aromatic rings. The van der Waals surface area contributed by atoms with Gasteiger partial charge in [0.15, 0.2) is 6.29 Å². The number of ether oxygens (including phenoxy) is 1. The second-order valence-electron chi connectivity index (χ2n) is 5.57. The van der Waals surface area contributed by atoms with E-state index in [2.05, 4.69) is 47.2 Å². The van der Waals surface area contributed by atoms with Crippen LogP contribution in [0.2, 0.25) is 0 Å². The topological polar surface area (TPSA) is 61.4 Å². The minimum atomic E-state index is -0.681. The van der Waals surface area contributed by atoms with Crippen molar-refractivity contribution in [1.29, 1.82) is 0 Å². The van der Waals surface area contributed by atoms with Crippen molar-refractivity contribution >= 4 is 11.0 Å². The van der Waals surface area contributed by atoms with Crippen LogP contribution >= 0.6 is 0 Å². The van der Waals surface area contributed by atoms with Crippen LogP contribution in [0.4, 0.5) is 0 Å². The Morgan fingerprint density at radius 3 is 2.90 bits per heavy atom. The summed E-state index contributed by atoms with van der Waals surface area (Å²) in [6, 6.07) is 12.5. The largest absolute Gasteiger partial charge is 0.366 e. The van der Waals surface area contributed by atoms with Crippen LogP contribution in [-0.4, -0.2) is 21.4 Å². The standard InChI is InChI=1S/C17H16N2O2/c1-10-3-2-4-11(7-10)8-12-9-14-15(19-12)13(5-6-18-14)16-17(20)21-16/h2-7,9,16-17,19-20H,8H2,1H3. The van der Waals surface area contributed by atoms with Gasteiger partial charge in [-0.2, -0.15) is 0 Å². The predicted molar refractivity (Wildman–Crippen MR) is 79.9 cm³/mol. The van der Waals surface area contributed by atoms with Gasteiger partial charge in [-0.25, -0.2) is 0 Å². The molecule has 0 aliphatic carbocycles. The third-order valence-corrected chi connectivity index (χ3v) is 3.86. The van der Waals surface area contributed by atoms with Crippen molar-refractivity contribution < 1.29 is 9.84 Å². The number of H-pyrrole nitrogens is 1. The lowest BCUT2D eigenvalue weighted by atomic mass is 10.1. The maximum Gasteiger partial charge on any atom is 0.186 e. The average molecular weight is 280 g/mol. The molecule has 1 aromatic carbocycles. The monoisotopic (exact) mass is 280 g/mol. The lowest BCUT2D eigenvalue weighted by molar-refractivity contribution is 0.156. The van der Waals surface area contributed by atoms with Crippen molar-refractivity contribution in [3.8, 4) is 0 Å². The van der Waals surface area contributed by atoms with Gasteiger partial charge in [-0.1, -0.05) is 29.8 Å². The summed E-state index contributed by atoms with van der Waals surface area (Å²) in [5.74, 6) is 0. The molecule has 2 atom stereocenters. The molecule has 0 radical (unpaired) electrons. The Kier molecular flexibility index (Phi) is 2.80. The third kappa shape index (κ3) is 2.33. The van der Waals surface area contributed by atoms with Gasteiger partial charge in [-0.15, -0.1) is 0 Å². The van der Waals surface area contributed by atoms with E-state index >= 15 is 0 Å². The van der Waals surface area contributed by atoms with Gasteiger partial charge in [0.1, 0.15) is 6.10 Å².